The van der Waals surface area contributed by atoms with Crippen molar-refractivity contribution in [2.75, 3.05) is 42.8 Å². The molecule has 5 rings (SSSR count). The van der Waals surface area contributed by atoms with Crippen molar-refractivity contribution in [2.24, 2.45) is 5.92 Å². The Morgan fingerprint density at radius 1 is 1.20 bits per heavy atom. The largest absolute Gasteiger partial charge is 0.477 e. The van der Waals surface area contributed by atoms with Crippen molar-refractivity contribution in [3.63, 3.8) is 0 Å². The molecule has 3 fully saturated rings. The fraction of sp³-hybridized carbons (Fsp3) is 0.696. The minimum Gasteiger partial charge on any atom is -0.477 e. The molecule has 5 heterocycles. The van der Waals surface area contributed by atoms with E-state index in [4.69, 9.17) is 19.4 Å². The Morgan fingerprint density at radius 3 is 2.54 bits per heavy atom. The first-order valence-corrected chi connectivity index (χ1v) is 14.1. The van der Waals surface area contributed by atoms with Crippen molar-refractivity contribution in [3.8, 4) is 5.88 Å². The lowest BCUT2D eigenvalue weighted by atomic mass is 9.83. The summed E-state index contributed by atoms with van der Waals surface area (Å²) in [6.07, 6.45) is 4.41. The van der Waals surface area contributed by atoms with Crippen molar-refractivity contribution >= 4 is 27.6 Å². The number of hydrogen-bond acceptors (Lipinski definition) is 9. The molecule has 11 nitrogen and oxygen atoms in total. The van der Waals surface area contributed by atoms with E-state index >= 15 is 0 Å². The lowest BCUT2D eigenvalue weighted by molar-refractivity contribution is -0.0514. The van der Waals surface area contributed by atoms with Gasteiger partial charge in [0.05, 0.1) is 25.6 Å². The van der Waals surface area contributed by atoms with Crippen LogP contribution in [-0.2, 0) is 14.8 Å². The standard InChI is InChI=1S/C23H35N7O4S/c1-4-35(31,32)30-17-6-5-7-18(30)10-19(9-17)29(3)23-25-20(24-21-8-15(2)27-28-21)11-22(26-23)34-14-16-12-33-13-16/h8,11,16-19H,4-7,9-10,12-14H2,1-3H3,(H2,24,25,26,27,28)/t17-,18+,19?. The van der Waals surface area contributed by atoms with Gasteiger partial charge in [-0.2, -0.15) is 19.4 Å². The van der Waals surface area contributed by atoms with Crippen LogP contribution in [-0.4, -0.2) is 83.6 Å². The highest BCUT2D eigenvalue weighted by molar-refractivity contribution is 7.89. The molecule has 35 heavy (non-hydrogen) atoms. The maximum atomic E-state index is 12.8. The second kappa shape index (κ2) is 9.90. The van der Waals surface area contributed by atoms with Crippen LogP contribution in [0.3, 0.4) is 0 Å². The fourth-order valence-electron chi connectivity index (χ4n) is 5.30. The summed E-state index contributed by atoms with van der Waals surface area (Å²) in [6, 6.07) is 3.89. The second-order valence-corrected chi connectivity index (χ2v) is 12.0. The van der Waals surface area contributed by atoms with Crippen LogP contribution in [0, 0.1) is 12.8 Å². The Balaban J connectivity index is 1.37. The molecule has 0 radical (unpaired) electrons. The minimum absolute atomic E-state index is 0.0302. The number of H-pyrrole nitrogens is 1. The van der Waals surface area contributed by atoms with E-state index in [1.165, 1.54) is 0 Å². The summed E-state index contributed by atoms with van der Waals surface area (Å²) in [4.78, 5) is 11.6. The maximum absolute atomic E-state index is 12.8. The monoisotopic (exact) mass is 505 g/mol. The Kier molecular flexibility index (Phi) is 6.86. The Labute approximate surface area is 206 Å². The first kappa shape index (κ1) is 24.3. The number of fused-ring (bicyclic) bond motifs is 2. The van der Waals surface area contributed by atoms with Gasteiger partial charge in [-0.3, -0.25) is 5.10 Å². The minimum atomic E-state index is -3.22. The molecular weight excluding hydrogens is 470 g/mol. The lowest BCUT2D eigenvalue weighted by Gasteiger charge is -2.49. The molecule has 3 aliphatic heterocycles. The van der Waals surface area contributed by atoms with Gasteiger partial charge in [-0.1, -0.05) is 6.42 Å². The van der Waals surface area contributed by atoms with Gasteiger partial charge in [0.2, 0.25) is 21.9 Å². The number of nitrogens with zero attached hydrogens (tertiary/aromatic N) is 5. The molecule has 12 heteroatoms. The molecule has 192 valence electrons. The normalized spacial score (nSPS) is 25.2. The van der Waals surface area contributed by atoms with Gasteiger partial charge < -0.3 is 19.7 Å². The van der Waals surface area contributed by atoms with Gasteiger partial charge in [0, 0.05) is 48.9 Å². The van der Waals surface area contributed by atoms with Crippen LogP contribution in [0.15, 0.2) is 12.1 Å². The average molecular weight is 506 g/mol. The number of aryl methyl sites for hydroxylation is 1. The molecule has 2 aromatic heterocycles. The summed E-state index contributed by atoms with van der Waals surface area (Å²) in [5.41, 5.74) is 0.945. The number of aromatic amines is 1. The molecule has 3 atom stereocenters. The highest BCUT2D eigenvalue weighted by Gasteiger charge is 2.45. The molecule has 0 amide bonds. The first-order valence-electron chi connectivity index (χ1n) is 12.4. The third kappa shape index (κ3) is 5.24. The highest BCUT2D eigenvalue weighted by Crippen LogP contribution is 2.38. The lowest BCUT2D eigenvalue weighted by Crippen LogP contribution is -2.58. The van der Waals surface area contributed by atoms with Crippen LogP contribution in [0.5, 0.6) is 5.88 Å². The summed E-state index contributed by atoms with van der Waals surface area (Å²) < 4.78 is 38.6. The third-order valence-electron chi connectivity index (χ3n) is 7.26. The Hall–Kier alpha value is -2.44. The highest BCUT2D eigenvalue weighted by atomic mass is 32.2. The molecule has 0 spiro atoms. The predicted molar refractivity (Wildman–Crippen MR) is 133 cm³/mol. The molecular formula is C23H35N7O4S. The van der Waals surface area contributed by atoms with Gasteiger partial charge in [0.1, 0.15) is 5.82 Å². The first-order chi connectivity index (χ1) is 16.8. The molecule has 2 N–H and O–H groups in total. The molecule has 3 aliphatic rings. The van der Waals surface area contributed by atoms with Crippen LogP contribution >= 0.6 is 0 Å². The van der Waals surface area contributed by atoms with Crippen molar-refractivity contribution in [2.45, 2.75) is 64.1 Å². The maximum Gasteiger partial charge on any atom is 0.230 e. The number of piperidine rings is 2. The molecule has 0 aromatic carbocycles. The van der Waals surface area contributed by atoms with Gasteiger partial charge in [-0.05, 0) is 39.5 Å². The predicted octanol–water partition coefficient (Wildman–Crippen LogP) is 2.45. The molecule has 2 bridgehead atoms. The molecule has 2 aromatic rings. The van der Waals surface area contributed by atoms with E-state index in [9.17, 15) is 8.42 Å². The Morgan fingerprint density at radius 2 is 1.94 bits per heavy atom. The van der Waals surface area contributed by atoms with E-state index in [2.05, 4.69) is 20.4 Å². The Bertz CT molecular complexity index is 1120. The smallest absolute Gasteiger partial charge is 0.230 e. The van der Waals surface area contributed by atoms with E-state index in [0.29, 0.717) is 49.2 Å². The number of sulfonamides is 1. The number of hydrogen-bond donors (Lipinski definition) is 2. The van der Waals surface area contributed by atoms with E-state index in [1.54, 1.807) is 17.3 Å². The number of nitrogens with one attached hydrogen (secondary N) is 2. The third-order valence-corrected chi connectivity index (χ3v) is 9.23. The van der Waals surface area contributed by atoms with Crippen LogP contribution in [0.4, 0.5) is 17.6 Å². The van der Waals surface area contributed by atoms with E-state index in [-0.39, 0.29) is 23.9 Å². The summed E-state index contributed by atoms with van der Waals surface area (Å²) in [7, 11) is -1.23. The van der Waals surface area contributed by atoms with Crippen molar-refractivity contribution < 1.29 is 17.9 Å². The number of ether oxygens (including phenoxy) is 2. The quantitative estimate of drug-likeness (QED) is 0.528. The van der Waals surface area contributed by atoms with E-state index < -0.39 is 10.0 Å². The topological polar surface area (TPSA) is 126 Å². The van der Waals surface area contributed by atoms with Crippen LogP contribution in [0.1, 0.15) is 44.7 Å². The summed E-state index contributed by atoms with van der Waals surface area (Å²) >= 11 is 0. The van der Waals surface area contributed by atoms with Gasteiger partial charge in [-0.25, -0.2) is 8.42 Å². The molecule has 1 unspecified atom stereocenters. The van der Waals surface area contributed by atoms with Crippen molar-refractivity contribution in [1.29, 1.82) is 0 Å². The van der Waals surface area contributed by atoms with Gasteiger partial charge in [0.15, 0.2) is 5.82 Å². The van der Waals surface area contributed by atoms with Crippen LogP contribution in [0.25, 0.3) is 0 Å². The molecule has 0 saturated carbocycles. The van der Waals surface area contributed by atoms with Gasteiger partial charge in [-0.15, -0.1) is 0 Å². The SMILES string of the molecule is CCS(=O)(=O)N1[C@@H]2CCC[C@H]1CC(N(C)c1nc(Nc3cc(C)[nH]n3)cc(OCC3COC3)n1)C2. The second-order valence-electron chi connectivity index (χ2n) is 9.87. The van der Waals surface area contributed by atoms with E-state index in [0.717, 1.165) is 37.8 Å². The van der Waals surface area contributed by atoms with Crippen molar-refractivity contribution in [1.82, 2.24) is 24.5 Å². The zero-order valence-electron chi connectivity index (χ0n) is 20.6. The van der Waals surface area contributed by atoms with Crippen LogP contribution < -0.4 is 15.0 Å². The number of rotatable bonds is 9. The zero-order chi connectivity index (χ0) is 24.6. The van der Waals surface area contributed by atoms with Crippen molar-refractivity contribution in [3.05, 3.63) is 17.8 Å². The number of aromatic nitrogens is 4. The molecule has 0 aliphatic carbocycles. The van der Waals surface area contributed by atoms with Crippen LogP contribution in [0.2, 0.25) is 0 Å². The summed E-state index contributed by atoms with van der Waals surface area (Å²) in [5.74, 6) is 2.84. The zero-order valence-corrected chi connectivity index (χ0v) is 21.4. The van der Waals surface area contributed by atoms with Gasteiger partial charge >= 0.3 is 0 Å². The molecule has 3 saturated heterocycles. The van der Waals surface area contributed by atoms with Gasteiger partial charge in [0.25, 0.3) is 0 Å². The number of anilines is 3. The summed E-state index contributed by atoms with van der Waals surface area (Å²) in [6.45, 7) is 5.62. The van der Waals surface area contributed by atoms with E-state index in [1.807, 2.05) is 20.0 Å². The summed E-state index contributed by atoms with van der Waals surface area (Å²) in [5, 5.41) is 10.4. The fourth-order valence-corrected chi connectivity index (χ4v) is 6.89. The average Bonchev–Trinajstić information content (AvgIpc) is 3.20.